The van der Waals surface area contributed by atoms with Crippen molar-refractivity contribution in [3.8, 4) is 0 Å². The summed E-state index contributed by atoms with van der Waals surface area (Å²) < 4.78 is 1.26. The van der Waals surface area contributed by atoms with E-state index in [9.17, 15) is 9.59 Å². The lowest BCUT2D eigenvalue weighted by atomic mass is 9.87. The van der Waals surface area contributed by atoms with E-state index in [1.54, 1.807) is 12.1 Å². The van der Waals surface area contributed by atoms with E-state index < -0.39 is 0 Å². The molecule has 3 rings (SSSR count). The Morgan fingerprint density at radius 2 is 1.92 bits per heavy atom. The molecule has 0 aliphatic rings. The van der Waals surface area contributed by atoms with Crippen molar-refractivity contribution < 1.29 is 4.79 Å². The van der Waals surface area contributed by atoms with Gasteiger partial charge in [-0.15, -0.1) is 0 Å². The van der Waals surface area contributed by atoms with Crippen LogP contribution in [0, 0.1) is 0 Å². The lowest BCUT2D eigenvalue weighted by Crippen LogP contribution is -2.23. The maximum Gasteiger partial charge on any atom is 0.298 e. The second-order valence-corrected chi connectivity index (χ2v) is 8.24. The first-order chi connectivity index (χ1) is 12.3. The van der Waals surface area contributed by atoms with Gasteiger partial charge < -0.3 is 5.32 Å². The maximum absolute atomic E-state index is 12.6. The summed E-state index contributed by atoms with van der Waals surface area (Å²) in [5.74, 6) is -0.340. The number of carbonyl (C=O) groups is 1. The Morgan fingerprint density at radius 1 is 1.23 bits per heavy atom. The largest absolute Gasteiger partial charge is 0.316 e. The number of amides is 1. The monoisotopic (exact) mass is 370 g/mol. The summed E-state index contributed by atoms with van der Waals surface area (Å²) in [6.45, 7) is 8.40. The van der Waals surface area contributed by atoms with Crippen molar-refractivity contribution in [2.24, 2.45) is 0 Å². The molecule has 0 aliphatic heterocycles. The van der Waals surface area contributed by atoms with Crippen LogP contribution in [0.1, 0.15) is 55.0 Å². The number of nitrogens with one attached hydrogen (secondary N) is 1. The third-order valence-corrected chi connectivity index (χ3v) is 5.04. The quantitative estimate of drug-likeness (QED) is 0.760. The number of hydrogen-bond acceptors (Lipinski definition) is 5. The first-order valence-electron chi connectivity index (χ1n) is 8.59. The number of aryl methyl sites for hydroxylation is 1. The summed E-state index contributed by atoms with van der Waals surface area (Å²) in [6, 6.07) is 7.39. The molecular weight excluding hydrogens is 348 g/mol. The van der Waals surface area contributed by atoms with Crippen LogP contribution in [0.2, 0.25) is 0 Å². The van der Waals surface area contributed by atoms with E-state index in [1.165, 1.54) is 22.0 Å². The van der Waals surface area contributed by atoms with Crippen LogP contribution in [-0.4, -0.2) is 20.5 Å². The summed E-state index contributed by atoms with van der Waals surface area (Å²) in [7, 11) is 0. The fraction of sp³-hybridized carbons (Fsp3) is 0.368. The van der Waals surface area contributed by atoms with Gasteiger partial charge in [-0.2, -0.15) is 9.61 Å². The summed E-state index contributed by atoms with van der Waals surface area (Å²) in [4.78, 5) is 29.8. The number of benzene rings is 1. The molecule has 0 atom stereocenters. The zero-order chi connectivity index (χ0) is 18.9. The van der Waals surface area contributed by atoms with Gasteiger partial charge in [0, 0.05) is 12.0 Å². The van der Waals surface area contributed by atoms with Gasteiger partial charge in [0.05, 0.1) is 6.20 Å². The van der Waals surface area contributed by atoms with Crippen molar-refractivity contribution in [2.45, 2.75) is 46.0 Å². The lowest BCUT2D eigenvalue weighted by molar-refractivity contribution is 0.102. The normalized spacial score (nSPS) is 11.7. The Hall–Kier alpha value is -2.54. The van der Waals surface area contributed by atoms with Gasteiger partial charge in [0.15, 0.2) is 0 Å². The Bertz CT molecular complexity index is 997. The predicted octanol–water partition coefficient (Wildman–Crippen LogP) is 3.65. The molecule has 1 N–H and O–H groups in total. The molecular formula is C19H22N4O2S. The first-order valence-corrected chi connectivity index (χ1v) is 9.41. The second kappa shape index (κ2) is 6.99. The highest BCUT2D eigenvalue weighted by Crippen LogP contribution is 2.22. The Kier molecular flexibility index (Phi) is 4.91. The Balaban J connectivity index is 1.85. The van der Waals surface area contributed by atoms with Crippen molar-refractivity contribution >= 4 is 27.9 Å². The molecule has 0 saturated heterocycles. The number of aromatic nitrogens is 3. The molecule has 1 aromatic carbocycles. The molecule has 0 spiro atoms. The van der Waals surface area contributed by atoms with Crippen LogP contribution in [0.3, 0.4) is 0 Å². The molecule has 3 aromatic rings. The van der Waals surface area contributed by atoms with Gasteiger partial charge in [0.2, 0.25) is 4.96 Å². The Labute approximate surface area is 155 Å². The fourth-order valence-electron chi connectivity index (χ4n) is 2.54. The average Bonchev–Trinajstić information content (AvgIpc) is 3.01. The number of rotatable bonds is 4. The predicted molar refractivity (Wildman–Crippen MR) is 104 cm³/mol. The summed E-state index contributed by atoms with van der Waals surface area (Å²) in [5.41, 5.74) is 1.41. The van der Waals surface area contributed by atoms with Gasteiger partial charge in [0.25, 0.3) is 11.5 Å². The van der Waals surface area contributed by atoms with E-state index in [0.29, 0.717) is 10.5 Å². The number of nitrogens with zero attached hydrogens (tertiary/aromatic N) is 3. The average molecular weight is 370 g/mol. The summed E-state index contributed by atoms with van der Waals surface area (Å²) >= 11 is 1.39. The van der Waals surface area contributed by atoms with Crippen LogP contribution in [-0.2, 0) is 11.8 Å². The zero-order valence-electron chi connectivity index (χ0n) is 15.4. The topological polar surface area (TPSA) is 76.4 Å². The third-order valence-electron chi connectivity index (χ3n) is 4.05. The molecule has 1 amide bonds. The van der Waals surface area contributed by atoms with Crippen molar-refractivity contribution in [3.63, 3.8) is 0 Å². The van der Waals surface area contributed by atoms with Crippen molar-refractivity contribution in [2.75, 3.05) is 5.32 Å². The molecule has 0 radical (unpaired) electrons. The fourth-order valence-corrected chi connectivity index (χ4v) is 3.50. The Morgan fingerprint density at radius 3 is 2.54 bits per heavy atom. The van der Waals surface area contributed by atoms with Gasteiger partial charge >= 0.3 is 0 Å². The van der Waals surface area contributed by atoms with E-state index in [4.69, 9.17) is 0 Å². The van der Waals surface area contributed by atoms with Gasteiger partial charge in [-0.25, -0.2) is 4.98 Å². The van der Waals surface area contributed by atoms with Crippen LogP contribution in [0.15, 0.2) is 35.3 Å². The van der Waals surface area contributed by atoms with Crippen LogP contribution in [0.4, 0.5) is 5.69 Å². The van der Waals surface area contributed by atoms with Crippen LogP contribution in [0.5, 0.6) is 0 Å². The van der Waals surface area contributed by atoms with E-state index >= 15 is 0 Å². The smallest absolute Gasteiger partial charge is 0.298 e. The minimum absolute atomic E-state index is 0.0175. The van der Waals surface area contributed by atoms with Crippen molar-refractivity contribution in [3.05, 3.63) is 57.0 Å². The van der Waals surface area contributed by atoms with Crippen molar-refractivity contribution in [1.29, 1.82) is 0 Å². The summed E-state index contributed by atoms with van der Waals surface area (Å²) in [5, 5.41) is 7.80. The van der Waals surface area contributed by atoms with E-state index in [0.717, 1.165) is 23.4 Å². The van der Waals surface area contributed by atoms with Crippen LogP contribution >= 0.6 is 11.3 Å². The van der Waals surface area contributed by atoms with Crippen LogP contribution in [0.25, 0.3) is 4.96 Å². The maximum atomic E-state index is 12.6. The number of fused-ring (bicyclic) bond motifs is 1. The SMILES string of the molecule is CCCc1nn2c(=O)c(NC(=O)c3ccc(C(C)(C)C)cc3)cnc2s1. The standard InChI is InChI=1S/C19H22N4O2S/c1-5-6-15-22-23-17(25)14(11-20-18(23)26-15)21-16(24)12-7-9-13(10-8-12)19(2,3)4/h7-11H,5-6H2,1-4H3,(H,21,24). The third kappa shape index (κ3) is 3.67. The molecule has 0 unspecified atom stereocenters. The number of hydrogen-bond donors (Lipinski definition) is 1. The van der Waals surface area contributed by atoms with Gasteiger partial charge in [0.1, 0.15) is 10.7 Å². The van der Waals surface area contributed by atoms with Gasteiger partial charge in [-0.1, -0.05) is 51.2 Å². The minimum Gasteiger partial charge on any atom is -0.316 e. The zero-order valence-corrected chi connectivity index (χ0v) is 16.2. The highest BCUT2D eigenvalue weighted by Gasteiger charge is 2.16. The number of carbonyl (C=O) groups excluding carboxylic acids is 1. The molecule has 0 saturated carbocycles. The number of anilines is 1. The molecule has 6 nitrogen and oxygen atoms in total. The molecule has 0 aliphatic carbocycles. The molecule has 2 aromatic heterocycles. The highest BCUT2D eigenvalue weighted by molar-refractivity contribution is 7.16. The van der Waals surface area contributed by atoms with E-state index in [-0.39, 0.29) is 22.6 Å². The first kappa shape index (κ1) is 18.3. The van der Waals surface area contributed by atoms with Gasteiger partial charge in [-0.3, -0.25) is 9.59 Å². The molecule has 2 heterocycles. The summed E-state index contributed by atoms with van der Waals surface area (Å²) in [6.07, 6.45) is 3.14. The minimum atomic E-state index is -0.367. The highest BCUT2D eigenvalue weighted by atomic mass is 32.1. The lowest BCUT2D eigenvalue weighted by Gasteiger charge is -2.19. The van der Waals surface area contributed by atoms with Crippen molar-refractivity contribution in [1.82, 2.24) is 14.6 Å². The van der Waals surface area contributed by atoms with E-state index in [2.05, 4.69) is 43.1 Å². The molecule has 0 bridgehead atoms. The second-order valence-electron chi connectivity index (χ2n) is 7.20. The molecule has 26 heavy (non-hydrogen) atoms. The molecule has 136 valence electrons. The van der Waals surface area contributed by atoms with Gasteiger partial charge in [-0.05, 0) is 29.5 Å². The van der Waals surface area contributed by atoms with Crippen LogP contribution < -0.4 is 10.9 Å². The molecule has 7 heteroatoms. The molecule has 0 fully saturated rings. The van der Waals surface area contributed by atoms with E-state index in [1.807, 2.05) is 12.1 Å².